The molecule has 0 fully saturated rings. The fraction of sp³-hybridized carbons (Fsp3) is 0.421. The predicted molar refractivity (Wildman–Crippen MR) is 120 cm³/mol. The van der Waals surface area contributed by atoms with Crippen LogP contribution in [-0.4, -0.2) is 26.7 Å². The van der Waals surface area contributed by atoms with Gasteiger partial charge >= 0.3 is 0 Å². The molecule has 5 nitrogen and oxygen atoms in total. The maximum absolute atomic E-state index is 5.47. The van der Waals surface area contributed by atoms with Gasteiger partial charge < -0.3 is 20.1 Å². The van der Waals surface area contributed by atoms with Crippen LogP contribution in [0, 0.1) is 0 Å². The maximum Gasteiger partial charge on any atom is 0.191 e. The van der Waals surface area contributed by atoms with Gasteiger partial charge in [0.25, 0.3) is 0 Å². The van der Waals surface area contributed by atoms with Gasteiger partial charge in [-0.05, 0) is 31.5 Å². The molecule has 0 unspecified atom stereocenters. The zero-order chi connectivity index (χ0) is 18.1. The van der Waals surface area contributed by atoms with Gasteiger partial charge in [-0.1, -0.05) is 19.1 Å². The summed E-state index contributed by atoms with van der Waals surface area (Å²) in [7, 11) is 3.29. The van der Waals surface area contributed by atoms with Crippen LogP contribution in [0.1, 0.15) is 29.2 Å². The number of benzene rings is 1. The van der Waals surface area contributed by atoms with Crippen LogP contribution in [0.2, 0.25) is 0 Å². The van der Waals surface area contributed by atoms with Crippen LogP contribution in [0.5, 0.6) is 11.5 Å². The van der Waals surface area contributed by atoms with Crippen molar-refractivity contribution in [1.29, 1.82) is 0 Å². The Balaban J connectivity index is 0.00000338. The summed E-state index contributed by atoms with van der Waals surface area (Å²) in [6, 6.07) is 10.2. The maximum atomic E-state index is 5.47. The third-order valence-corrected chi connectivity index (χ3v) is 4.96. The molecule has 2 rings (SSSR count). The number of ether oxygens (including phenoxy) is 2. The van der Waals surface area contributed by atoms with Crippen LogP contribution in [-0.2, 0) is 19.5 Å². The normalized spacial score (nSPS) is 10.8. The number of hydrogen-bond donors (Lipinski definition) is 2. The first-order valence-electron chi connectivity index (χ1n) is 8.51. The number of nitrogens with zero attached hydrogens (tertiary/aromatic N) is 1. The SMILES string of the molecule is CCNC(=NCc1cccc(OC)c1OC)NCc1ccc(CC)s1.I. The van der Waals surface area contributed by atoms with Crippen molar-refractivity contribution in [1.82, 2.24) is 10.6 Å². The Morgan fingerprint density at radius 2 is 1.81 bits per heavy atom. The first-order valence-corrected chi connectivity index (χ1v) is 9.33. The van der Waals surface area contributed by atoms with Gasteiger partial charge in [0.2, 0.25) is 0 Å². The summed E-state index contributed by atoms with van der Waals surface area (Å²) in [6.45, 7) is 6.33. The van der Waals surface area contributed by atoms with Crippen molar-refractivity contribution in [3.05, 3.63) is 45.6 Å². The van der Waals surface area contributed by atoms with Gasteiger partial charge in [0.05, 0.1) is 27.3 Å². The van der Waals surface area contributed by atoms with Gasteiger partial charge in [-0.15, -0.1) is 35.3 Å². The summed E-state index contributed by atoms with van der Waals surface area (Å²) < 4.78 is 10.8. The molecule has 0 atom stereocenters. The van der Waals surface area contributed by atoms with Crippen LogP contribution in [0.4, 0.5) is 0 Å². The number of hydrogen-bond acceptors (Lipinski definition) is 4. The van der Waals surface area contributed by atoms with Gasteiger partial charge in [0.1, 0.15) is 0 Å². The zero-order valence-electron chi connectivity index (χ0n) is 15.8. The zero-order valence-corrected chi connectivity index (χ0v) is 18.9. The van der Waals surface area contributed by atoms with Gasteiger partial charge in [0.15, 0.2) is 17.5 Å². The van der Waals surface area contributed by atoms with E-state index in [2.05, 4.69) is 41.6 Å². The van der Waals surface area contributed by atoms with E-state index in [0.29, 0.717) is 6.54 Å². The number of rotatable bonds is 8. The summed E-state index contributed by atoms with van der Waals surface area (Å²) in [6.07, 6.45) is 1.08. The molecule has 0 spiro atoms. The number of para-hydroxylation sites is 1. The van der Waals surface area contributed by atoms with Gasteiger partial charge in [-0.2, -0.15) is 0 Å². The van der Waals surface area contributed by atoms with Gasteiger partial charge in [-0.3, -0.25) is 0 Å². The Bertz CT molecular complexity index is 704. The van der Waals surface area contributed by atoms with E-state index >= 15 is 0 Å². The number of halogens is 1. The molecule has 0 bridgehead atoms. The Labute approximate surface area is 177 Å². The molecule has 0 saturated carbocycles. The largest absolute Gasteiger partial charge is 0.493 e. The molecule has 0 radical (unpaired) electrons. The topological polar surface area (TPSA) is 54.9 Å². The molecule has 2 N–H and O–H groups in total. The third kappa shape index (κ3) is 6.35. The van der Waals surface area contributed by atoms with Crippen molar-refractivity contribution < 1.29 is 9.47 Å². The molecule has 7 heteroatoms. The van der Waals surface area contributed by atoms with Crippen molar-refractivity contribution in [2.45, 2.75) is 33.4 Å². The molecule has 0 amide bonds. The molecule has 1 aromatic carbocycles. The number of aryl methyl sites for hydroxylation is 1. The summed E-state index contributed by atoms with van der Waals surface area (Å²) >= 11 is 1.84. The van der Waals surface area contributed by atoms with E-state index in [9.17, 15) is 0 Å². The monoisotopic (exact) mass is 489 g/mol. The van der Waals surface area contributed by atoms with E-state index in [-0.39, 0.29) is 24.0 Å². The summed E-state index contributed by atoms with van der Waals surface area (Å²) in [4.78, 5) is 7.38. The third-order valence-electron chi connectivity index (χ3n) is 3.73. The highest BCUT2D eigenvalue weighted by atomic mass is 127. The van der Waals surface area contributed by atoms with E-state index in [1.165, 1.54) is 9.75 Å². The second-order valence-electron chi connectivity index (χ2n) is 5.42. The highest BCUT2D eigenvalue weighted by Gasteiger charge is 2.09. The molecule has 1 aromatic heterocycles. The van der Waals surface area contributed by atoms with Gasteiger partial charge in [0, 0.05) is 21.9 Å². The lowest BCUT2D eigenvalue weighted by atomic mass is 10.2. The number of guanidine groups is 1. The Morgan fingerprint density at radius 1 is 1.04 bits per heavy atom. The molecule has 0 aliphatic carbocycles. The van der Waals surface area contributed by atoms with Crippen molar-refractivity contribution in [3.8, 4) is 11.5 Å². The second-order valence-corrected chi connectivity index (χ2v) is 6.68. The lowest BCUT2D eigenvalue weighted by Gasteiger charge is -2.13. The van der Waals surface area contributed by atoms with Crippen LogP contribution in [0.15, 0.2) is 35.3 Å². The van der Waals surface area contributed by atoms with E-state index in [0.717, 1.165) is 42.5 Å². The van der Waals surface area contributed by atoms with Crippen LogP contribution >= 0.6 is 35.3 Å². The lowest BCUT2D eigenvalue weighted by molar-refractivity contribution is 0.352. The highest BCUT2D eigenvalue weighted by molar-refractivity contribution is 14.0. The molecule has 144 valence electrons. The highest BCUT2D eigenvalue weighted by Crippen LogP contribution is 2.31. The summed E-state index contributed by atoms with van der Waals surface area (Å²) in [5.74, 6) is 2.24. The fourth-order valence-electron chi connectivity index (χ4n) is 2.46. The fourth-order valence-corrected chi connectivity index (χ4v) is 3.36. The molecule has 26 heavy (non-hydrogen) atoms. The molecule has 2 aromatic rings. The Morgan fingerprint density at radius 3 is 2.42 bits per heavy atom. The van der Waals surface area contributed by atoms with Crippen molar-refractivity contribution in [2.24, 2.45) is 4.99 Å². The molecule has 1 heterocycles. The lowest BCUT2D eigenvalue weighted by Crippen LogP contribution is -2.36. The van der Waals surface area contributed by atoms with E-state index in [4.69, 9.17) is 9.47 Å². The van der Waals surface area contributed by atoms with Crippen LogP contribution in [0.3, 0.4) is 0 Å². The van der Waals surface area contributed by atoms with Crippen LogP contribution < -0.4 is 20.1 Å². The van der Waals surface area contributed by atoms with Crippen molar-refractivity contribution in [2.75, 3.05) is 20.8 Å². The smallest absolute Gasteiger partial charge is 0.191 e. The van der Waals surface area contributed by atoms with E-state index in [1.54, 1.807) is 14.2 Å². The van der Waals surface area contributed by atoms with Gasteiger partial charge in [-0.25, -0.2) is 4.99 Å². The number of nitrogens with one attached hydrogen (secondary N) is 2. The first kappa shape index (κ1) is 22.6. The molecule has 0 aliphatic rings. The Kier molecular flexibility index (Phi) is 10.4. The molecular formula is C19H28IN3O2S. The van der Waals surface area contributed by atoms with E-state index in [1.807, 2.05) is 29.5 Å². The minimum absolute atomic E-state index is 0. The van der Waals surface area contributed by atoms with E-state index < -0.39 is 0 Å². The minimum Gasteiger partial charge on any atom is -0.493 e. The van der Waals surface area contributed by atoms with Crippen LogP contribution in [0.25, 0.3) is 0 Å². The quantitative estimate of drug-likeness (QED) is 0.332. The first-order chi connectivity index (χ1) is 12.2. The van der Waals surface area contributed by atoms with Crippen molar-refractivity contribution in [3.63, 3.8) is 0 Å². The Hall–Kier alpha value is -1.48. The van der Waals surface area contributed by atoms with Crippen molar-refractivity contribution >= 4 is 41.3 Å². The number of methoxy groups -OCH3 is 2. The minimum atomic E-state index is 0. The number of thiophene rings is 1. The molecule has 0 aliphatic heterocycles. The number of aliphatic imine (C=N–C) groups is 1. The summed E-state index contributed by atoms with van der Waals surface area (Å²) in [5.41, 5.74) is 0.989. The predicted octanol–water partition coefficient (Wildman–Crippen LogP) is 4.20. The summed E-state index contributed by atoms with van der Waals surface area (Å²) in [5, 5.41) is 6.67. The second kappa shape index (κ2) is 12.0. The average Bonchev–Trinajstić information content (AvgIpc) is 3.11. The molecule has 0 saturated heterocycles. The average molecular weight is 489 g/mol. The molecular weight excluding hydrogens is 461 g/mol. The standard InChI is InChI=1S/C19H27N3O2S.HI/c1-5-15-10-11-16(25-15)13-22-19(20-6-2)21-12-14-8-7-9-17(23-3)18(14)24-4;/h7-11H,5-6,12-13H2,1-4H3,(H2,20,21,22);1H.